The second-order valence-electron chi connectivity index (χ2n) is 6.92. The van der Waals surface area contributed by atoms with Crippen LogP contribution in [0.3, 0.4) is 0 Å². The topological polar surface area (TPSA) is 51.2 Å². The molecule has 4 nitrogen and oxygen atoms in total. The SMILES string of the molecule is Cc1ncc(-c2ccc3c(c2)CC(=O)N3)cc1OC(C)c1c(Cl)ccc(F)c1Cl. The van der Waals surface area contributed by atoms with E-state index in [4.69, 9.17) is 27.9 Å². The molecule has 0 radical (unpaired) electrons. The van der Waals surface area contributed by atoms with Gasteiger partial charge in [-0.25, -0.2) is 4.39 Å². The minimum Gasteiger partial charge on any atom is -0.484 e. The van der Waals surface area contributed by atoms with Gasteiger partial charge in [0.05, 0.1) is 17.1 Å². The molecule has 2 heterocycles. The summed E-state index contributed by atoms with van der Waals surface area (Å²) in [5, 5.41) is 3.10. The van der Waals surface area contributed by atoms with Crippen LogP contribution in [0.4, 0.5) is 10.1 Å². The van der Waals surface area contributed by atoms with Gasteiger partial charge >= 0.3 is 0 Å². The van der Waals surface area contributed by atoms with Crippen molar-refractivity contribution in [3.05, 3.63) is 75.3 Å². The Morgan fingerprint density at radius 2 is 1.97 bits per heavy atom. The summed E-state index contributed by atoms with van der Waals surface area (Å²) in [7, 11) is 0. The molecule has 29 heavy (non-hydrogen) atoms. The van der Waals surface area contributed by atoms with Crippen molar-refractivity contribution in [3.63, 3.8) is 0 Å². The van der Waals surface area contributed by atoms with Crippen LogP contribution >= 0.6 is 23.2 Å². The lowest BCUT2D eigenvalue weighted by molar-refractivity contribution is -0.115. The average molecular weight is 431 g/mol. The van der Waals surface area contributed by atoms with Crippen LogP contribution in [-0.4, -0.2) is 10.9 Å². The molecular formula is C22H17Cl2FN2O2. The smallest absolute Gasteiger partial charge is 0.228 e. The fraction of sp³-hybridized carbons (Fsp3) is 0.182. The molecule has 1 unspecified atom stereocenters. The molecule has 0 saturated heterocycles. The summed E-state index contributed by atoms with van der Waals surface area (Å²) < 4.78 is 19.9. The number of halogens is 3. The number of hydrogen-bond donors (Lipinski definition) is 1. The standard InChI is InChI=1S/C22H17Cl2FN2O2/c1-11-19(29-12(2)21-16(23)4-5-17(25)22(21)24)8-15(10-26-11)13-3-6-18-14(7-13)9-20(28)27-18/h3-8,10,12H,9H2,1-2H3,(H,27,28). The van der Waals surface area contributed by atoms with E-state index in [-0.39, 0.29) is 10.9 Å². The van der Waals surface area contributed by atoms with Crippen LogP contribution in [0, 0.1) is 12.7 Å². The lowest BCUT2D eigenvalue weighted by Crippen LogP contribution is -2.07. The molecular weight excluding hydrogens is 414 g/mol. The Morgan fingerprint density at radius 3 is 2.76 bits per heavy atom. The maximum absolute atomic E-state index is 13.9. The fourth-order valence-corrected chi connectivity index (χ4v) is 4.04. The molecule has 1 aliphatic heterocycles. The monoisotopic (exact) mass is 430 g/mol. The highest BCUT2D eigenvalue weighted by atomic mass is 35.5. The van der Waals surface area contributed by atoms with E-state index in [9.17, 15) is 9.18 Å². The zero-order chi connectivity index (χ0) is 20.7. The Kier molecular flexibility index (Phi) is 5.19. The number of fused-ring (bicyclic) bond motifs is 1. The average Bonchev–Trinajstić information content (AvgIpc) is 3.06. The van der Waals surface area contributed by atoms with Crippen LogP contribution in [0.15, 0.2) is 42.6 Å². The molecule has 0 saturated carbocycles. The molecule has 148 valence electrons. The van der Waals surface area contributed by atoms with Crippen LogP contribution in [0.5, 0.6) is 5.75 Å². The van der Waals surface area contributed by atoms with Crippen molar-refractivity contribution in [1.82, 2.24) is 4.98 Å². The number of aryl methyl sites for hydroxylation is 1. The number of nitrogens with one attached hydrogen (secondary N) is 1. The molecule has 0 bridgehead atoms. The van der Waals surface area contributed by atoms with Gasteiger partial charge in [0.2, 0.25) is 5.91 Å². The highest BCUT2D eigenvalue weighted by molar-refractivity contribution is 6.36. The Balaban J connectivity index is 1.66. The van der Waals surface area contributed by atoms with Crippen LogP contribution in [-0.2, 0) is 11.2 Å². The van der Waals surface area contributed by atoms with Gasteiger partial charge in [0.1, 0.15) is 17.7 Å². The Labute approximate surface area is 177 Å². The second-order valence-corrected chi connectivity index (χ2v) is 7.71. The number of carbonyl (C=O) groups excluding carboxylic acids is 1. The van der Waals surface area contributed by atoms with Gasteiger partial charge in [0.25, 0.3) is 0 Å². The van der Waals surface area contributed by atoms with Gasteiger partial charge in [-0.05, 0) is 55.3 Å². The first-order valence-corrected chi connectivity index (χ1v) is 9.79. The first kappa shape index (κ1) is 19.7. The van der Waals surface area contributed by atoms with Crippen molar-refractivity contribution in [1.29, 1.82) is 0 Å². The number of anilines is 1. The van der Waals surface area contributed by atoms with Crippen molar-refractivity contribution >= 4 is 34.8 Å². The molecule has 0 spiro atoms. The van der Waals surface area contributed by atoms with E-state index < -0.39 is 11.9 Å². The van der Waals surface area contributed by atoms with Crippen molar-refractivity contribution in [2.75, 3.05) is 5.32 Å². The highest BCUT2D eigenvalue weighted by Gasteiger charge is 2.21. The van der Waals surface area contributed by atoms with E-state index in [1.165, 1.54) is 12.1 Å². The van der Waals surface area contributed by atoms with Crippen LogP contribution in [0.25, 0.3) is 11.1 Å². The maximum Gasteiger partial charge on any atom is 0.228 e. The number of ether oxygens (including phenoxy) is 1. The van der Waals surface area contributed by atoms with E-state index >= 15 is 0 Å². The van der Waals surface area contributed by atoms with Gasteiger partial charge < -0.3 is 10.1 Å². The molecule has 1 aromatic heterocycles. The molecule has 1 atom stereocenters. The number of benzene rings is 2. The second kappa shape index (κ2) is 7.65. The highest BCUT2D eigenvalue weighted by Crippen LogP contribution is 2.37. The first-order valence-electron chi connectivity index (χ1n) is 9.03. The molecule has 4 rings (SSSR count). The predicted octanol–water partition coefficient (Wildman–Crippen LogP) is 6.14. The van der Waals surface area contributed by atoms with E-state index in [2.05, 4.69) is 10.3 Å². The number of rotatable bonds is 4. The van der Waals surface area contributed by atoms with Gasteiger partial charge in [0.15, 0.2) is 0 Å². The Hall–Kier alpha value is -2.63. The lowest BCUT2D eigenvalue weighted by Gasteiger charge is -2.19. The number of carbonyl (C=O) groups is 1. The van der Waals surface area contributed by atoms with Gasteiger partial charge in [0, 0.05) is 28.0 Å². The minimum absolute atomic E-state index is 0.0131. The van der Waals surface area contributed by atoms with Crippen molar-refractivity contribution in [2.24, 2.45) is 0 Å². The zero-order valence-corrected chi connectivity index (χ0v) is 17.2. The van der Waals surface area contributed by atoms with Crippen molar-refractivity contribution in [2.45, 2.75) is 26.4 Å². The van der Waals surface area contributed by atoms with Gasteiger partial charge in [-0.15, -0.1) is 0 Å². The zero-order valence-electron chi connectivity index (χ0n) is 15.7. The lowest BCUT2D eigenvalue weighted by atomic mass is 10.0. The van der Waals surface area contributed by atoms with Gasteiger partial charge in [-0.2, -0.15) is 0 Å². The molecule has 3 aromatic rings. The summed E-state index contributed by atoms with van der Waals surface area (Å²) in [5.74, 6) is -0.0200. The largest absolute Gasteiger partial charge is 0.484 e. The Morgan fingerprint density at radius 1 is 1.17 bits per heavy atom. The minimum atomic E-state index is -0.580. The van der Waals surface area contributed by atoms with Crippen LogP contribution < -0.4 is 10.1 Å². The summed E-state index contributed by atoms with van der Waals surface area (Å²) >= 11 is 12.3. The van der Waals surface area contributed by atoms with E-state index in [0.29, 0.717) is 28.5 Å². The van der Waals surface area contributed by atoms with Crippen molar-refractivity contribution < 1.29 is 13.9 Å². The van der Waals surface area contributed by atoms with Crippen molar-refractivity contribution in [3.8, 4) is 16.9 Å². The summed E-state index contributed by atoms with van der Waals surface area (Å²) in [6, 6.07) is 10.3. The molecule has 2 aromatic carbocycles. The third-order valence-electron chi connectivity index (χ3n) is 4.89. The normalized spacial score (nSPS) is 13.8. The number of pyridine rings is 1. The summed E-state index contributed by atoms with van der Waals surface area (Å²) in [6.45, 7) is 3.58. The molecule has 1 N–H and O–H groups in total. The molecule has 0 fully saturated rings. The maximum atomic E-state index is 13.9. The summed E-state index contributed by atoms with van der Waals surface area (Å²) in [6.07, 6.45) is 1.53. The van der Waals surface area contributed by atoms with E-state index in [0.717, 1.165) is 22.4 Å². The van der Waals surface area contributed by atoms with E-state index in [1.54, 1.807) is 13.1 Å². The number of aromatic nitrogens is 1. The number of amides is 1. The van der Waals surface area contributed by atoms with Crippen LogP contribution in [0.2, 0.25) is 10.0 Å². The third kappa shape index (κ3) is 3.80. The Bertz CT molecular complexity index is 1130. The number of hydrogen-bond acceptors (Lipinski definition) is 3. The predicted molar refractivity (Wildman–Crippen MR) is 112 cm³/mol. The summed E-state index contributed by atoms with van der Waals surface area (Å²) in [4.78, 5) is 16.0. The molecule has 7 heteroatoms. The van der Waals surface area contributed by atoms with E-state index in [1.807, 2.05) is 31.2 Å². The van der Waals surface area contributed by atoms with Gasteiger partial charge in [-0.1, -0.05) is 29.3 Å². The summed E-state index contributed by atoms with van der Waals surface area (Å²) in [5.41, 5.74) is 4.62. The third-order valence-corrected chi connectivity index (χ3v) is 5.61. The van der Waals surface area contributed by atoms with Gasteiger partial charge in [-0.3, -0.25) is 9.78 Å². The molecule has 0 aliphatic carbocycles. The van der Waals surface area contributed by atoms with Crippen LogP contribution in [0.1, 0.15) is 29.8 Å². The first-order chi connectivity index (χ1) is 13.8. The quantitative estimate of drug-likeness (QED) is 0.505. The fourth-order valence-electron chi connectivity index (χ4n) is 3.36. The molecule has 1 aliphatic rings. The number of nitrogens with zero attached hydrogens (tertiary/aromatic N) is 1. The molecule has 1 amide bonds.